The zero-order valence-electron chi connectivity index (χ0n) is 8.25. The Labute approximate surface area is 81.9 Å². The minimum Gasteiger partial charge on any atom is -0.380 e. The van der Waals surface area contributed by atoms with Crippen molar-refractivity contribution in [2.75, 3.05) is 7.11 Å². The highest BCUT2D eigenvalue weighted by molar-refractivity contribution is 5.84. The molecule has 2 aromatic rings. The molecule has 1 aromatic heterocycles. The Kier molecular flexibility index (Phi) is 2.25. The summed E-state index contributed by atoms with van der Waals surface area (Å²) in [4.78, 5) is 0. The van der Waals surface area contributed by atoms with Gasteiger partial charge in [0, 0.05) is 31.3 Å². The topological polar surface area (TPSA) is 14.2 Å². The number of methoxy groups -OCH3 is 1. The van der Waals surface area contributed by atoms with E-state index < -0.39 is 0 Å². The van der Waals surface area contributed by atoms with E-state index in [0.717, 1.165) is 11.1 Å². The van der Waals surface area contributed by atoms with Crippen LogP contribution in [-0.4, -0.2) is 11.7 Å². The summed E-state index contributed by atoms with van der Waals surface area (Å²) in [7, 11) is 3.51. The molecule has 0 N–H and O–H groups in total. The number of rotatable bonds is 2. The lowest BCUT2D eigenvalue weighted by Gasteiger charge is -1.97. The fraction of sp³-hybridized carbons (Fsp3) is 0.273. The van der Waals surface area contributed by atoms with Crippen molar-refractivity contribution in [3.8, 4) is 0 Å². The number of halogens is 1. The molecular weight excluding hydrogens is 181 g/mol. The predicted octanol–water partition coefficient (Wildman–Crippen LogP) is 2.46. The van der Waals surface area contributed by atoms with Gasteiger partial charge in [-0.15, -0.1) is 0 Å². The summed E-state index contributed by atoms with van der Waals surface area (Å²) in [6.45, 7) is 0.443. The largest absolute Gasteiger partial charge is 0.380 e. The Morgan fingerprint density at radius 1 is 1.43 bits per heavy atom. The molecule has 0 saturated carbocycles. The maximum atomic E-state index is 13.5. The summed E-state index contributed by atoms with van der Waals surface area (Å²) < 4.78 is 20.4. The van der Waals surface area contributed by atoms with Crippen LogP contribution in [0.3, 0.4) is 0 Å². The Morgan fingerprint density at radius 3 is 2.93 bits per heavy atom. The molecule has 1 heterocycles. The monoisotopic (exact) mass is 193 g/mol. The highest BCUT2D eigenvalue weighted by Gasteiger charge is 2.09. The van der Waals surface area contributed by atoms with Gasteiger partial charge in [-0.3, -0.25) is 0 Å². The molecule has 3 heteroatoms. The third-order valence-corrected chi connectivity index (χ3v) is 2.34. The molecule has 0 aliphatic rings. The van der Waals surface area contributed by atoms with Crippen molar-refractivity contribution in [2.45, 2.75) is 6.61 Å². The standard InChI is InChI=1S/C11H12FNO/c1-13-6-8(7-14-2)11-9(12)4-3-5-10(11)13/h3-6H,7H2,1-2H3. The number of fused-ring (bicyclic) bond motifs is 1. The Morgan fingerprint density at radius 2 is 2.21 bits per heavy atom. The lowest BCUT2D eigenvalue weighted by Crippen LogP contribution is -1.86. The van der Waals surface area contributed by atoms with E-state index in [0.29, 0.717) is 12.0 Å². The summed E-state index contributed by atoms with van der Waals surface area (Å²) in [6, 6.07) is 5.09. The van der Waals surface area contributed by atoms with Crippen molar-refractivity contribution in [1.82, 2.24) is 4.57 Å². The Hall–Kier alpha value is -1.35. The third-order valence-electron chi connectivity index (χ3n) is 2.34. The second-order valence-corrected chi connectivity index (χ2v) is 3.33. The molecule has 0 amide bonds. The van der Waals surface area contributed by atoms with E-state index in [2.05, 4.69) is 0 Å². The molecular formula is C11H12FNO. The SMILES string of the molecule is COCc1cn(C)c2cccc(F)c12. The van der Waals surface area contributed by atoms with Crippen LogP contribution >= 0.6 is 0 Å². The van der Waals surface area contributed by atoms with Crippen molar-refractivity contribution in [2.24, 2.45) is 7.05 Å². The predicted molar refractivity (Wildman–Crippen MR) is 53.6 cm³/mol. The zero-order valence-corrected chi connectivity index (χ0v) is 8.25. The molecule has 0 saturated heterocycles. The molecule has 2 rings (SSSR count). The number of aromatic nitrogens is 1. The lowest BCUT2D eigenvalue weighted by molar-refractivity contribution is 0.185. The third kappa shape index (κ3) is 1.30. The molecule has 2 nitrogen and oxygen atoms in total. The average Bonchev–Trinajstić information content (AvgIpc) is 2.46. The second-order valence-electron chi connectivity index (χ2n) is 3.33. The van der Waals surface area contributed by atoms with Gasteiger partial charge in [-0.1, -0.05) is 6.07 Å². The maximum absolute atomic E-state index is 13.5. The van der Waals surface area contributed by atoms with Crippen molar-refractivity contribution in [3.05, 3.63) is 35.8 Å². The molecule has 1 aromatic carbocycles. The van der Waals surface area contributed by atoms with E-state index in [-0.39, 0.29) is 5.82 Å². The van der Waals surface area contributed by atoms with E-state index in [1.54, 1.807) is 13.2 Å². The Bertz CT molecular complexity index is 462. The Balaban J connectivity index is 2.72. The molecule has 0 unspecified atom stereocenters. The van der Waals surface area contributed by atoms with Crippen LogP contribution in [0.4, 0.5) is 4.39 Å². The number of hydrogen-bond acceptors (Lipinski definition) is 1. The summed E-state index contributed by atoms with van der Waals surface area (Å²) in [5, 5.41) is 0.664. The van der Waals surface area contributed by atoms with Crippen LogP contribution < -0.4 is 0 Å². The molecule has 0 atom stereocenters. The highest BCUT2D eigenvalue weighted by atomic mass is 19.1. The quantitative estimate of drug-likeness (QED) is 0.714. The molecule has 0 radical (unpaired) electrons. The minimum absolute atomic E-state index is 0.185. The molecule has 0 spiro atoms. The molecule has 14 heavy (non-hydrogen) atoms. The van der Waals surface area contributed by atoms with Gasteiger partial charge in [-0.25, -0.2) is 4.39 Å². The summed E-state index contributed by atoms with van der Waals surface area (Å²) in [6.07, 6.45) is 1.90. The molecule has 0 aliphatic heterocycles. The van der Waals surface area contributed by atoms with Crippen molar-refractivity contribution < 1.29 is 9.13 Å². The highest BCUT2D eigenvalue weighted by Crippen LogP contribution is 2.23. The van der Waals surface area contributed by atoms with Gasteiger partial charge in [0.05, 0.1) is 12.1 Å². The van der Waals surface area contributed by atoms with E-state index in [1.807, 2.05) is 23.9 Å². The fourth-order valence-corrected chi connectivity index (χ4v) is 1.76. The average molecular weight is 193 g/mol. The van der Waals surface area contributed by atoms with Gasteiger partial charge in [0.1, 0.15) is 5.82 Å². The first-order chi connectivity index (χ1) is 6.74. The van der Waals surface area contributed by atoms with Gasteiger partial charge in [-0.2, -0.15) is 0 Å². The summed E-state index contributed by atoms with van der Waals surface area (Å²) in [5.74, 6) is -0.185. The lowest BCUT2D eigenvalue weighted by atomic mass is 10.2. The number of benzene rings is 1. The number of nitrogens with zero attached hydrogens (tertiary/aromatic N) is 1. The smallest absolute Gasteiger partial charge is 0.132 e. The first kappa shape index (κ1) is 9.21. The summed E-state index contributed by atoms with van der Waals surface area (Å²) >= 11 is 0. The molecule has 0 aliphatic carbocycles. The van der Waals surface area contributed by atoms with Crippen molar-refractivity contribution in [3.63, 3.8) is 0 Å². The van der Waals surface area contributed by atoms with Crippen LogP contribution in [0.5, 0.6) is 0 Å². The van der Waals surface area contributed by atoms with E-state index in [9.17, 15) is 4.39 Å². The van der Waals surface area contributed by atoms with Crippen molar-refractivity contribution in [1.29, 1.82) is 0 Å². The van der Waals surface area contributed by atoms with Crippen LogP contribution in [0.25, 0.3) is 10.9 Å². The molecule has 0 bridgehead atoms. The molecule has 74 valence electrons. The number of aryl methyl sites for hydroxylation is 1. The van der Waals surface area contributed by atoms with Gasteiger partial charge in [0.15, 0.2) is 0 Å². The summed E-state index contributed by atoms with van der Waals surface area (Å²) in [5.41, 5.74) is 1.79. The second kappa shape index (κ2) is 3.42. The van der Waals surface area contributed by atoms with E-state index >= 15 is 0 Å². The number of hydrogen-bond donors (Lipinski definition) is 0. The maximum Gasteiger partial charge on any atom is 0.132 e. The van der Waals surface area contributed by atoms with Crippen LogP contribution in [0.2, 0.25) is 0 Å². The van der Waals surface area contributed by atoms with E-state index in [1.165, 1.54) is 6.07 Å². The van der Waals surface area contributed by atoms with Crippen LogP contribution in [0.1, 0.15) is 5.56 Å². The van der Waals surface area contributed by atoms with Crippen LogP contribution in [0.15, 0.2) is 24.4 Å². The zero-order chi connectivity index (χ0) is 10.1. The van der Waals surface area contributed by atoms with Gasteiger partial charge in [-0.05, 0) is 12.1 Å². The van der Waals surface area contributed by atoms with Gasteiger partial charge in [0.2, 0.25) is 0 Å². The first-order valence-corrected chi connectivity index (χ1v) is 4.45. The molecule has 0 fully saturated rings. The first-order valence-electron chi connectivity index (χ1n) is 4.45. The fourth-order valence-electron chi connectivity index (χ4n) is 1.76. The van der Waals surface area contributed by atoms with Gasteiger partial charge in [0.25, 0.3) is 0 Å². The normalized spacial score (nSPS) is 11.1. The van der Waals surface area contributed by atoms with E-state index in [4.69, 9.17) is 4.74 Å². The van der Waals surface area contributed by atoms with Crippen LogP contribution in [-0.2, 0) is 18.4 Å². The van der Waals surface area contributed by atoms with Crippen molar-refractivity contribution >= 4 is 10.9 Å². The number of ether oxygens (including phenoxy) is 1. The van der Waals surface area contributed by atoms with Gasteiger partial charge >= 0.3 is 0 Å². The van der Waals surface area contributed by atoms with Crippen LogP contribution in [0, 0.1) is 5.82 Å². The minimum atomic E-state index is -0.185. The van der Waals surface area contributed by atoms with Gasteiger partial charge < -0.3 is 9.30 Å².